The van der Waals surface area contributed by atoms with Crippen molar-refractivity contribution in [3.63, 3.8) is 0 Å². The molecular weight excluding hydrogens is 430 g/mol. The number of rotatable bonds is 4. The third-order valence-corrected chi connectivity index (χ3v) is 5.74. The lowest BCUT2D eigenvalue weighted by Gasteiger charge is -2.06. The van der Waals surface area contributed by atoms with Crippen LogP contribution in [0.4, 0.5) is 0 Å². The molecule has 0 radical (unpaired) electrons. The zero-order valence-electron chi connectivity index (χ0n) is 15.3. The lowest BCUT2D eigenvalue weighted by molar-refractivity contribution is 0.848. The van der Waals surface area contributed by atoms with Gasteiger partial charge in [-0.2, -0.15) is 5.10 Å². The van der Waals surface area contributed by atoms with Crippen LogP contribution in [0.25, 0.3) is 22.4 Å². The van der Waals surface area contributed by atoms with Crippen LogP contribution in [0.15, 0.2) is 98.8 Å². The molecule has 4 rings (SSSR count). The predicted octanol–water partition coefficient (Wildman–Crippen LogP) is 6.06. The summed E-state index contributed by atoms with van der Waals surface area (Å²) in [5.41, 5.74) is 5.57. The first-order chi connectivity index (χ1) is 13.7. The zero-order chi connectivity index (χ0) is 19.3. The van der Waals surface area contributed by atoms with E-state index in [9.17, 15) is 0 Å². The second-order valence-corrected chi connectivity index (χ2v) is 7.93. The van der Waals surface area contributed by atoms with Gasteiger partial charge in [-0.25, -0.2) is 4.68 Å². The smallest absolute Gasteiger partial charge is 0.205 e. The van der Waals surface area contributed by atoms with E-state index in [-0.39, 0.29) is 0 Å². The summed E-state index contributed by atoms with van der Waals surface area (Å²) < 4.78 is 2.92. The largest absolute Gasteiger partial charge is 0.261 e. The summed E-state index contributed by atoms with van der Waals surface area (Å²) in [5.74, 6) is 0. The lowest BCUT2D eigenvalue weighted by atomic mass is 10.0. The average Bonchev–Trinajstić information content (AvgIpc) is 3.16. The Morgan fingerprint density at radius 1 is 0.857 bits per heavy atom. The van der Waals surface area contributed by atoms with Gasteiger partial charge in [0.1, 0.15) is 0 Å². The summed E-state index contributed by atoms with van der Waals surface area (Å²) in [6.07, 6.45) is 1.86. The molecule has 5 heteroatoms. The maximum Gasteiger partial charge on any atom is 0.205 e. The second-order valence-electron chi connectivity index (χ2n) is 6.18. The normalized spacial score (nSPS) is 12.0. The summed E-state index contributed by atoms with van der Waals surface area (Å²) in [6, 6.07) is 27.0. The monoisotopic (exact) mass is 447 g/mol. The first-order valence-electron chi connectivity index (χ1n) is 8.84. The molecule has 0 aliphatic heterocycles. The highest BCUT2D eigenvalue weighted by Crippen LogP contribution is 2.25. The molecule has 1 heterocycles. The van der Waals surface area contributed by atoms with Crippen molar-refractivity contribution in [2.75, 3.05) is 7.05 Å². The number of hydrogen-bond acceptors (Lipinski definition) is 3. The van der Waals surface area contributed by atoms with E-state index < -0.39 is 0 Å². The molecule has 0 bridgehead atoms. The molecule has 0 saturated heterocycles. The minimum absolute atomic E-state index is 0.855. The van der Waals surface area contributed by atoms with Gasteiger partial charge in [0.15, 0.2) is 0 Å². The maximum absolute atomic E-state index is 4.69. The van der Waals surface area contributed by atoms with Gasteiger partial charge in [-0.05, 0) is 28.8 Å². The summed E-state index contributed by atoms with van der Waals surface area (Å²) in [7, 11) is 1.79. The molecule has 0 aliphatic rings. The maximum atomic E-state index is 4.69. The molecule has 0 aliphatic carbocycles. The van der Waals surface area contributed by atoms with Crippen molar-refractivity contribution in [3.8, 4) is 22.4 Å². The fourth-order valence-electron chi connectivity index (χ4n) is 2.94. The highest BCUT2D eigenvalue weighted by molar-refractivity contribution is 9.10. The van der Waals surface area contributed by atoms with Crippen molar-refractivity contribution in [1.29, 1.82) is 0 Å². The molecule has 0 fully saturated rings. The Balaban J connectivity index is 1.70. The number of nitrogens with zero attached hydrogens (tertiary/aromatic N) is 3. The molecule has 28 heavy (non-hydrogen) atoms. The first kappa shape index (κ1) is 18.6. The Bertz CT molecular complexity index is 1170. The van der Waals surface area contributed by atoms with Crippen LogP contribution in [-0.4, -0.2) is 17.9 Å². The van der Waals surface area contributed by atoms with Gasteiger partial charge in [0.05, 0.1) is 11.9 Å². The van der Waals surface area contributed by atoms with Crippen LogP contribution in [0.3, 0.4) is 0 Å². The lowest BCUT2D eigenvalue weighted by Crippen LogP contribution is -2.11. The Hall–Kier alpha value is -2.76. The molecule has 4 aromatic rings. The van der Waals surface area contributed by atoms with Gasteiger partial charge in [-0.1, -0.05) is 82.7 Å². The Morgan fingerprint density at radius 2 is 1.57 bits per heavy atom. The van der Waals surface area contributed by atoms with Crippen LogP contribution in [-0.2, 0) is 0 Å². The SMILES string of the molecule is CN=c1scc(-c2ccc(-c3ccccc3)cc2)n1N=Cc1cccc(Br)c1. The second kappa shape index (κ2) is 8.50. The summed E-state index contributed by atoms with van der Waals surface area (Å²) in [5, 5.41) is 6.79. The summed E-state index contributed by atoms with van der Waals surface area (Å²) in [4.78, 5) is 5.23. The molecule has 0 spiro atoms. The highest BCUT2D eigenvalue weighted by Gasteiger charge is 2.07. The summed E-state index contributed by atoms with van der Waals surface area (Å²) in [6.45, 7) is 0. The van der Waals surface area contributed by atoms with E-state index in [1.165, 1.54) is 11.1 Å². The molecule has 3 aromatic carbocycles. The standard InChI is InChI=1S/C23H18BrN3S/c1-25-23-27(26-15-17-6-5-9-21(24)14-17)22(16-28-23)20-12-10-19(11-13-20)18-7-3-2-4-8-18/h2-16H,1H3. The van der Waals surface area contributed by atoms with Gasteiger partial charge in [-0.3, -0.25) is 4.99 Å². The van der Waals surface area contributed by atoms with Gasteiger partial charge < -0.3 is 0 Å². The van der Waals surface area contributed by atoms with Crippen molar-refractivity contribution in [2.24, 2.45) is 10.1 Å². The molecule has 0 N–H and O–H groups in total. The van der Waals surface area contributed by atoms with E-state index in [2.05, 4.69) is 74.8 Å². The van der Waals surface area contributed by atoms with Gasteiger partial charge in [0.2, 0.25) is 4.80 Å². The molecular formula is C23H18BrN3S. The Labute approximate surface area is 176 Å². The quantitative estimate of drug-likeness (QED) is 0.340. The number of halogens is 1. The van der Waals surface area contributed by atoms with Crippen molar-refractivity contribution >= 4 is 33.5 Å². The van der Waals surface area contributed by atoms with Crippen LogP contribution < -0.4 is 4.80 Å². The Kier molecular flexibility index (Phi) is 5.65. The molecule has 0 saturated carbocycles. The van der Waals surface area contributed by atoms with Crippen LogP contribution >= 0.6 is 27.3 Å². The van der Waals surface area contributed by atoms with Gasteiger partial charge in [0.25, 0.3) is 0 Å². The summed E-state index contributed by atoms with van der Waals surface area (Å²) >= 11 is 5.08. The highest BCUT2D eigenvalue weighted by atomic mass is 79.9. The average molecular weight is 448 g/mol. The third-order valence-electron chi connectivity index (χ3n) is 4.34. The van der Waals surface area contributed by atoms with E-state index in [4.69, 9.17) is 5.10 Å². The van der Waals surface area contributed by atoms with E-state index in [0.717, 1.165) is 26.1 Å². The van der Waals surface area contributed by atoms with Crippen LogP contribution in [0.2, 0.25) is 0 Å². The molecule has 0 unspecified atom stereocenters. The fourth-order valence-corrected chi connectivity index (χ4v) is 4.16. The van der Waals surface area contributed by atoms with Crippen molar-refractivity contribution in [1.82, 2.24) is 4.68 Å². The third kappa shape index (κ3) is 4.06. The topological polar surface area (TPSA) is 29.6 Å². The number of aromatic nitrogens is 1. The fraction of sp³-hybridized carbons (Fsp3) is 0.0435. The Morgan fingerprint density at radius 3 is 2.29 bits per heavy atom. The van der Waals surface area contributed by atoms with E-state index >= 15 is 0 Å². The molecule has 0 atom stereocenters. The predicted molar refractivity (Wildman–Crippen MR) is 122 cm³/mol. The van der Waals surface area contributed by atoms with Gasteiger partial charge in [-0.15, -0.1) is 11.3 Å². The van der Waals surface area contributed by atoms with E-state index in [0.29, 0.717) is 0 Å². The van der Waals surface area contributed by atoms with Crippen LogP contribution in [0.1, 0.15) is 5.56 Å². The number of hydrogen-bond donors (Lipinski definition) is 0. The van der Waals surface area contributed by atoms with E-state index in [1.807, 2.05) is 41.2 Å². The number of thiazole rings is 1. The van der Waals surface area contributed by atoms with E-state index in [1.54, 1.807) is 18.4 Å². The van der Waals surface area contributed by atoms with Crippen molar-refractivity contribution in [2.45, 2.75) is 0 Å². The van der Waals surface area contributed by atoms with Crippen LogP contribution in [0.5, 0.6) is 0 Å². The molecule has 138 valence electrons. The minimum atomic E-state index is 0.855. The molecule has 1 aromatic heterocycles. The minimum Gasteiger partial charge on any atom is -0.261 e. The van der Waals surface area contributed by atoms with Gasteiger partial charge in [0, 0.05) is 22.5 Å². The van der Waals surface area contributed by atoms with Crippen LogP contribution in [0, 0.1) is 0 Å². The zero-order valence-corrected chi connectivity index (χ0v) is 17.7. The molecule has 3 nitrogen and oxygen atoms in total. The van der Waals surface area contributed by atoms with Gasteiger partial charge >= 0.3 is 0 Å². The first-order valence-corrected chi connectivity index (χ1v) is 10.5. The number of benzene rings is 3. The molecule has 0 amide bonds. The van der Waals surface area contributed by atoms with Crippen molar-refractivity contribution < 1.29 is 0 Å². The van der Waals surface area contributed by atoms with Crippen molar-refractivity contribution in [3.05, 3.63) is 99.1 Å².